The van der Waals surface area contributed by atoms with E-state index in [9.17, 15) is 26.4 Å². The molecule has 4 heterocycles. The second kappa shape index (κ2) is 21.4. The predicted octanol–water partition coefficient (Wildman–Crippen LogP) is 6.56. The molecule has 0 spiro atoms. The SMILES string of the molecule is Cc1ccc(S(=O)(=O)CCSc2ncccc2C(=O)NCc2ccccn2)cc1.Cc1ccc(S(=O)(=O)CCSc2ncccc2C(=O)NCc2ccncc2)cc1. The maximum absolute atomic E-state index is 12.6. The molecule has 0 saturated carbocycles. The van der Waals surface area contributed by atoms with Crippen molar-refractivity contribution >= 4 is 55.0 Å². The van der Waals surface area contributed by atoms with Crippen LogP contribution in [-0.4, -0.2) is 71.6 Å². The van der Waals surface area contributed by atoms with Gasteiger partial charge in [0.2, 0.25) is 0 Å². The highest BCUT2D eigenvalue weighted by atomic mass is 32.2. The van der Waals surface area contributed by atoms with Crippen molar-refractivity contribution in [2.45, 2.75) is 46.8 Å². The molecular weight excluding hydrogens is 813 g/mol. The topological polar surface area (TPSA) is 178 Å². The number of aryl methyl sites for hydroxylation is 2. The van der Waals surface area contributed by atoms with Crippen LogP contribution in [0, 0.1) is 13.8 Å². The van der Waals surface area contributed by atoms with Crippen molar-refractivity contribution in [1.29, 1.82) is 0 Å². The molecule has 0 aliphatic heterocycles. The van der Waals surface area contributed by atoms with E-state index in [1.807, 2.05) is 44.2 Å². The zero-order chi connectivity index (χ0) is 41.4. The van der Waals surface area contributed by atoms with Gasteiger partial charge in [-0.25, -0.2) is 26.8 Å². The Bertz CT molecular complexity index is 2320. The first-order valence-electron chi connectivity index (χ1n) is 18.0. The fraction of sp³-hybridized carbons (Fsp3) is 0.190. The number of nitrogens with zero attached hydrogens (tertiary/aromatic N) is 4. The molecule has 12 nitrogen and oxygen atoms in total. The van der Waals surface area contributed by atoms with E-state index in [0.29, 0.717) is 55.6 Å². The van der Waals surface area contributed by atoms with E-state index < -0.39 is 19.7 Å². The number of benzene rings is 2. The van der Waals surface area contributed by atoms with Gasteiger partial charge in [-0.15, -0.1) is 23.5 Å². The number of sulfone groups is 2. The Kier molecular flexibility index (Phi) is 16.1. The Morgan fingerprint density at radius 3 is 1.47 bits per heavy atom. The van der Waals surface area contributed by atoms with E-state index in [2.05, 4.69) is 30.6 Å². The Morgan fingerprint density at radius 1 is 0.534 bits per heavy atom. The summed E-state index contributed by atoms with van der Waals surface area (Å²) in [5, 5.41) is 6.69. The molecule has 6 aromatic rings. The number of hydrogen-bond donors (Lipinski definition) is 2. The van der Waals surface area contributed by atoms with E-state index in [-0.39, 0.29) is 23.3 Å². The summed E-state index contributed by atoms with van der Waals surface area (Å²) in [6.45, 7) is 4.50. The maximum Gasteiger partial charge on any atom is 0.254 e. The standard InChI is InChI=1S/2C21H21N3O3S2/c1-16-4-6-18(7-5-16)29(26,27)14-13-28-21-19(3-2-10-23-21)20(25)24-15-17-8-11-22-12-9-17;1-16-7-9-18(10-8-16)29(26,27)14-13-28-21-19(6-4-12-23-21)20(25)24-15-17-5-2-3-11-22-17/h2*2-12H,13-15H2,1H3,(H,24,25). The normalized spacial score (nSPS) is 11.2. The smallest absolute Gasteiger partial charge is 0.254 e. The van der Waals surface area contributed by atoms with Gasteiger partial charge in [0.15, 0.2) is 19.7 Å². The first-order chi connectivity index (χ1) is 27.9. The summed E-state index contributed by atoms with van der Waals surface area (Å²) < 4.78 is 50.0. The van der Waals surface area contributed by atoms with Gasteiger partial charge in [-0.05, 0) is 92.2 Å². The van der Waals surface area contributed by atoms with Crippen molar-refractivity contribution in [3.8, 4) is 0 Å². The molecule has 0 atom stereocenters. The first-order valence-corrected chi connectivity index (χ1v) is 23.3. The zero-order valence-electron chi connectivity index (χ0n) is 31.8. The van der Waals surface area contributed by atoms with Crippen LogP contribution in [0.3, 0.4) is 0 Å². The van der Waals surface area contributed by atoms with Crippen LogP contribution in [0.15, 0.2) is 154 Å². The number of aromatic nitrogens is 4. The molecule has 16 heteroatoms. The van der Waals surface area contributed by atoms with Gasteiger partial charge in [-0.2, -0.15) is 0 Å². The third-order valence-electron chi connectivity index (χ3n) is 8.33. The summed E-state index contributed by atoms with van der Waals surface area (Å²) in [6.07, 6.45) is 8.19. The Hall–Kier alpha value is -5.42. The Morgan fingerprint density at radius 2 is 1.00 bits per heavy atom. The molecule has 0 unspecified atom stereocenters. The van der Waals surface area contributed by atoms with Crippen LogP contribution in [0.25, 0.3) is 0 Å². The number of carbonyl (C=O) groups is 2. The van der Waals surface area contributed by atoms with Crippen molar-refractivity contribution in [1.82, 2.24) is 30.6 Å². The minimum absolute atomic E-state index is 0.0324. The van der Waals surface area contributed by atoms with Gasteiger partial charge in [0.1, 0.15) is 10.1 Å². The lowest BCUT2D eigenvalue weighted by Crippen LogP contribution is -2.24. The van der Waals surface area contributed by atoms with Gasteiger partial charge < -0.3 is 10.6 Å². The lowest BCUT2D eigenvalue weighted by Gasteiger charge is -2.09. The molecule has 300 valence electrons. The molecular formula is C42H42N6O6S4. The second-order valence-corrected chi connectivity index (χ2v) is 19.1. The number of rotatable bonds is 16. The van der Waals surface area contributed by atoms with Crippen molar-refractivity contribution in [3.05, 3.63) is 168 Å². The molecule has 0 aliphatic carbocycles. The molecule has 2 aromatic carbocycles. The third-order valence-corrected chi connectivity index (χ3v) is 14.3. The summed E-state index contributed by atoms with van der Waals surface area (Å²) in [5.74, 6) is 0.0132. The molecule has 0 radical (unpaired) electrons. The highest BCUT2D eigenvalue weighted by Crippen LogP contribution is 2.24. The van der Waals surface area contributed by atoms with Gasteiger partial charge in [-0.1, -0.05) is 41.5 Å². The molecule has 6 rings (SSSR count). The van der Waals surface area contributed by atoms with Crippen LogP contribution in [0.4, 0.5) is 0 Å². The number of nitrogens with one attached hydrogen (secondary N) is 2. The highest BCUT2D eigenvalue weighted by molar-refractivity contribution is 8.01. The number of thioether (sulfide) groups is 2. The minimum atomic E-state index is -3.38. The second-order valence-electron chi connectivity index (χ2n) is 12.7. The molecule has 2 amide bonds. The van der Waals surface area contributed by atoms with Gasteiger partial charge in [0.05, 0.1) is 44.7 Å². The molecule has 0 saturated heterocycles. The van der Waals surface area contributed by atoms with Crippen LogP contribution in [0.5, 0.6) is 0 Å². The van der Waals surface area contributed by atoms with Crippen LogP contribution >= 0.6 is 23.5 Å². The van der Waals surface area contributed by atoms with Gasteiger partial charge in [-0.3, -0.25) is 19.6 Å². The fourth-order valence-corrected chi connectivity index (χ4v) is 10.4. The van der Waals surface area contributed by atoms with Crippen LogP contribution < -0.4 is 10.6 Å². The van der Waals surface area contributed by atoms with Gasteiger partial charge in [0.25, 0.3) is 11.8 Å². The summed E-state index contributed by atoms with van der Waals surface area (Å²) in [4.78, 5) is 42.3. The van der Waals surface area contributed by atoms with Gasteiger partial charge in [0, 0.05) is 49.0 Å². The molecule has 0 bridgehead atoms. The Labute approximate surface area is 347 Å². The van der Waals surface area contributed by atoms with Crippen molar-refractivity contribution in [2.24, 2.45) is 0 Å². The average Bonchev–Trinajstić information content (AvgIpc) is 3.23. The molecule has 2 N–H and O–H groups in total. The zero-order valence-corrected chi connectivity index (χ0v) is 35.1. The van der Waals surface area contributed by atoms with Crippen LogP contribution in [0.1, 0.15) is 43.1 Å². The maximum atomic E-state index is 12.6. The van der Waals surface area contributed by atoms with Gasteiger partial charge >= 0.3 is 0 Å². The number of amides is 2. The quantitative estimate of drug-likeness (QED) is 0.100. The largest absolute Gasteiger partial charge is 0.348 e. The third kappa shape index (κ3) is 13.3. The molecule has 0 fully saturated rings. The highest BCUT2D eigenvalue weighted by Gasteiger charge is 2.19. The molecule has 0 aliphatic rings. The van der Waals surface area contributed by atoms with E-state index >= 15 is 0 Å². The summed E-state index contributed by atoms with van der Waals surface area (Å²) >= 11 is 2.52. The van der Waals surface area contributed by atoms with E-state index in [0.717, 1.165) is 22.4 Å². The fourth-order valence-electron chi connectivity index (χ4n) is 5.13. The van der Waals surface area contributed by atoms with Crippen molar-refractivity contribution < 1.29 is 26.4 Å². The predicted molar refractivity (Wildman–Crippen MR) is 227 cm³/mol. The summed E-state index contributed by atoms with van der Waals surface area (Å²) in [7, 11) is -6.77. The monoisotopic (exact) mass is 854 g/mol. The van der Waals surface area contributed by atoms with Crippen molar-refractivity contribution in [2.75, 3.05) is 23.0 Å². The lowest BCUT2D eigenvalue weighted by atomic mass is 10.2. The first kappa shape index (κ1) is 43.7. The average molecular weight is 855 g/mol. The van der Waals surface area contributed by atoms with E-state index in [4.69, 9.17) is 0 Å². The number of pyridine rings is 4. The lowest BCUT2D eigenvalue weighted by molar-refractivity contribution is 0.0939. The summed E-state index contributed by atoms with van der Waals surface area (Å²) in [6, 6.07) is 29.5. The van der Waals surface area contributed by atoms with Crippen LogP contribution in [-0.2, 0) is 32.8 Å². The molecule has 58 heavy (non-hydrogen) atoms. The number of carbonyl (C=O) groups excluding carboxylic acids is 2. The molecule has 4 aromatic heterocycles. The van der Waals surface area contributed by atoms with E-state index in [1.54, 1.807) is 104 Å². The van der Waals surface area contributed by atoms with Crippen LogP contribution in [0.2, 0.25) is 0 Å². The van der Waals surface area contributed by atoms with Crippen molar-refractivity contribution in [3.63, 3.8) is 0 Å². The van der Waals surface area contributed by atoms with E-state index in [1.165, 1.54) is 23.5 Å². The summed E-state index contributed by atoms with van der Waals surface area (Å²) in [5.41, 5.74) is 4.56. The number of hydrogen-bond acceptors (Lipinski definition) is 12. The Balaban J connectivity index is 0.000000221. The minimum Gasteiger partial charge on any atom is -0.348 e.